The van der Waals surface area contributed by atoms with Crippen molar-refractivity contribution >= 4 is 28.4 Å². The summed E-state index contributed by atoms with van der Waals surface area (Å²) in [6.07, 6.45) is 6.89. The summed E-state index contributed by atoms with van der Waals surface area (Å²) >= 11 is 1.34. The molecule has 8 heteroatoms. The number of hydrogen-bond acceptors (Lipinski definition) is 6. The Labute approximate surface area is 164 Å². The molecule has 0 aliphatic heterocycles. The first-order valence-electron chi connectivity index (χ1n) is 8.34. The number of nitriles is 1. The number of nitro groups is 1. The van der Waals surface area contributed by atoms with E-state index >= 15 is 0 Å². The van der Waals surface area contributed by atoms with Gasteiger partial charge in [-0.3, -0.25) is 10.1 Å². The van der Waals surface area contributed by atoms with Crippen LogP contribution in [0.5, 0.6) is 0 Å². The van der Waals surface area contributed by atoms with E-state index in [9.17, 15) is 15.4 Å². The van der Waals surface area contributed by atoms with E-state index in [1.54, 1.807) is 36.7 Å². The highest BCUT2D eigenvalue weighted by molar-refractivity contribution is 7.99. The first-order chi connectivity index (χ1) is 13.7. The Morgan fingerprint density at radius 2 is 1.93 bits per heavy atom. The van der Waals surface area contributed by atoms with Crippen molar-refractivity contribution in [2.45, 2.75) is 16.3 Å². The molecule has 0 bridgehead atoms. The predicted octanol–water partition coefficient (Wildman–Crippen LogP) is 4.41. The van der Waals surface area contributed by atoms with Gasteiger partial charge in [0.1, 0.15) is 6.33 Å². The van der Waals surface area contributed by atoms with Crippen molar-refractivity contribution in [3.8, 4) is 6.07 Å². The molecular formula is C20H13N5O2S. The van der Waals surface area contributed by atoms with Crippen LogP contribution in [0, 0.1) is 21.4 Å². The van der Waals surface area contributed by atoms with E-state index in [4.69, 9.17) is 0 Å². The summed E-state index contributed by atoms with van der Waals surface area (Å²) < 4.78 is 2.01. The van der Waals surface area contributed by atoms with Gasteiger partial charge in [-0.1, -0.05) is 30.0 Å². The fourth-order valence-corrected chi connectivity index (χ4v) is 4.05. The molecule has 0 aliphatic rings. The van der Waals surface area contributed by atoms with Crippen molar-refractivity contribution in [3.63, 3.8) is 0 Å². The molecule has 2 aromatic heterocycles. The zero-order valence-electron chi connectivity index (χ0n) is 14.5. The van der Waals surface area contributed by atoms with Crippen LogP contribution in [0.2, 0.25) is 0 Å². The number of fused-ring (bicyclic) bond motifs is 1. The van der Waals surface area contributed by atoms with Crippen molar-refractivity contribution in [1.29, 1.82) is 5.26 Å². The summed E-state index contributed by atoms with van der Waals surface area (Å²) in [7, 11) is 0. The van der Waals surface area contributed by atoms with Gasteiger partial charge >= 0.3 is 0 Å². The Bertz CT molecular complexity index is 1210. The fraction of sp³-hybridized carbons (Fsp3) is 0.0500. The molecule has 0 fully saturated rings. The van der Waals surface area contributed by atoms with Crippen molar-refractivity contribution < 1.29 is 4.92 Å². The van der Waals surface area contributed by atoms with Crippen LogP contribution in [0.25, 0.3) is 10.9 Å². The highest BCUT2D eigenvalue weighted by Gasteiger charge is 2.17. The molecule has 0 N–H and O–H groups in total. The van der Waals surface area contributed by atoms with Gasteiger partial charge in [0.05, 0.1) is 33.5 Å². The molecule has 7 nitrogen and oxygen atoms in total. The highest BCUT2D eigenvalue weighted by Crippen LogP contribution is 2.39. The molecule has 0 amide bonds. The van der Waals surface area contributed by atoms with E-state index in [0.29, 0.717) is 17.0 Å². The summed E-state index contributed by atoms with van der Waals surface area (Å²) in [5.74, 6) is 0. The molecule has 2 heterocycles. The van der Waals surface area contributed by atoms with Crippen LogP contribution in [0.1, 0.15) is 11.1 Å². The van der Waals surface area contributed by atoms with Crippen LogP contribution in [0.4, 0.5) is 5.69 Å². The lowest BCUT2D eigenvalue weighted by atomic mass is 10.2. The second-order valence-electron chi connectivity index (χ2n) is 6.04. The number of rotatable bonds is 5. The minimum Gasteiger partial charge on any atom is -0.342 e. The lowest BCUT2D eigenvalue weighted by Crippen LogP contribution is -1.99. The van der Waals surface area contributed by atoms with Crippen LogP contribution in [-0.4, -0.2) is 19.5 Å². The van der Waals surface area contributed by atoms with Crippen LogP contribution >= 0.6 is 11.8 Å². The topological polar surface area (TPSA) is 97.6 Å². The SMILES string of the molecule is N#Cc1ccc2c(Sc3ccccc3[N+](=O)[O-])cn(Cc3cncnc3)c2c1. The quantitative estimate of drug-likeness (QED) is 0.372. The molecule has 4 aromatic rings. The van der Waals surface area contributed by atoms with Gasteiger partial charge in [0.2, 0.25) is 0 Å². The minimum atomic E-state index is -0.378. The number of hydrogen-bond donors (Lipinski definition) is 0. The second kappa shape index (κ2) is 7.50. The smallest absolute Gasteiger partial charge is 0.283 e. The van der Waals surface area contributed by atoms with Gasteiger partial charge in [-0.05, 0) is 18.2 Å². The summed E-state index contributed by atoms with van der Waals surface area (Å²) in [6.45, 7) is 0.531. The van der Waals surface area contributed by atoms with Crippen LogP contribution in [-0.2, 0) is 6.54 Å². The average molecular weight is 387 g/mol. The van der Waals surface area contributed by atoms with Crippen molar-refractivity contribution in [3.05, 3.63) is 88.6 Å². The normalized spacial score (nSPS) is 10.7. The number of benzene rings is 2. The molecule has 0 saturated heterocycles. The minimum absolute atomic E-state index is 0.0681. The van der Waals surface area contributed by atoms with Gasteiger partial charge < -0.3 is 4.57 Å². The molecule has 4 rings (SSSR count). The largest absolute Gasteiger partial charge is 0.342 e. The summed E-state index contributed by atoms with van der Waals surface area (Å²) in [6, 6.07) is 14.3. The van der Waals surface area contributed by atoms with Crippen molar-refractivity contribution in [2.24, 2.45) is 0 Å². The van der Waals surface area contributed by atoms with Gasteiger partial charge in [-0.2, -0.15) is 5.26 Å². The van der Waals surface area contributed by atoms with E-state index < -0.39 is 0 Å². The molecule has 0 unspecified atom stereocenters. The first kappa shape index (κ1) is 17.7. The molecule has 0 atom stereocenters. The standard InChI is InChI=1S/C20H13N5O2S/c21-8-14-5-6-16-18(7-14)24(11-15-9-22-13-23-10-15)12-20(16)28-19-4-2-1-3-17(19)25(26)27/h1-7,9-10,12-13H,11H2. The Balaban J connectivity index is 1.81. The van der Waals surface area contributed by atoms with E-state index in [1.807, 2.05) is 22.9 Å². The maximum Gasteiger partial charge on any atom is 0.283 e. The molecular weight excluding hydrogens is 374 g/mol. The number of nitro benzene ring substituents is 1. The van der Waals surface area contributed by atoms with Gasteiger partial charge in [0.25, 0.3) is 5.69 Å². The number of nitrogens with zero attached hydrogens (tertiary/aromatic N) is 5. The molecule has 0 saturated carbocycles. The van der Waals surface area contributed by atoms with Gasteiger partial charge in [0.15, 0.2) is 0 Å². The Kier molecular flexibility index (Phi) is 4.74. The lowest BCUT2D eigenvalue weighted by molar-refractivity contribution is -0.387. The third-order valence-corrected chi connectivity index (χ3v) is 5.33. The van der Waals surface area contributed by atoms with Gasteiger partial charge in [-0.15, -0.1) is 0 Å². The van der Waals surface area contributed by atoms with Crippen molar-refractivity contribution in [2.75, 3.05) is 0 Å². The van der Waals surface area contributed by atoms with E-state index in [0.717, 1.165) is 21.4 Å². The maximum absolute atomic E-state index is 11.3. The lowest BCUT2D eigenvalue weighted by Gasteiger charge is -2.04. The van der Waals surface area contributed by atoms with E-state index in [2.05, 4.69) is 16.0 Å². The molecule has 0 aliphatic carbocycles. The van der Waals surface area contributed by atoms with Crippen LogP contribution in [0.15, 0.2) is 77.2 Å². The third-order valence-electron chi connectivity index (χ3n) is 4.22. The third kappa shape index (κ3) is 3.43. The average Bonchev–Trinajstić information content (AvgIpc) is 3.05. The highest BCUT2D eigenvalue weighted by atomic mass is 32.2. The molecule has 2 aromatic carbocycles. The van der Waals surface area contributed by atoms with Crippen LogP contribution < -0.4 is 0 Å². The zero-order valence-corrected chi connectivity index (χ0v) is 15.3. The molecule has 0 spiro atoms. The monoisotopic (exact) mass is 387 g/mol. The summed E-state index contributed by atoms with van der Waals surface area (Å²) in [5.41, 5.74) is 2.42. The van der Waals surface area contributed by atoms with Crippen LogP contribution in [0.3, 0.4) is 0 Å². The Morgan fingerprint density at radius 1 is 1.14 bits per heavy atom. The van der Waals surface area contributed by atoms with Gasteiger partial charge in [-0.25, -0.2) is 9.97 Å². The summed E-state index contributed by atoms with van der Waals surface area (Å²) in [4.78, 5) is 20.5. The molecule has 0 radical (unpaired) electrons. The maximum atomic E-state index is 11.3. The first-order valence-corrected chi connectivity index (χ1v) is 9.15. The number of para-hydroxylation sites is 1. The molecule has 136 valence electrons. The second-order valence-corrected chi connectivity index (χ2v) is 7.12. The van der Waals surface area contributed by atoms with Crippen molar-refractivity contribution in [1.82, 2.24) is 14.5 Å². The summed E-state index contributed by atoms with van der Waals surface area (Å²) in [5, 5.41) is 21.5. The Hall–Kier alpha value is -3.70. The van der Waals surface area contributed by atoms with E-state index in [-0.39, 0.29) is 10.6 Å². The molecule has 28 heavy (non-hydrogen) atoms. The Morgan fingerprint density at radius 3 is 2.68 bits per heavy atom. The number of aromatic nitrogens is 3. The zero-order chi connectivity index (χ0) is 19.5. The van der Waals surface area contributed by atoms with Gasteiger partial charge in [0, 0.05) is 40.5 Å². The van der Waals surface area contributed by atoms with E-state index in [1.165, 1.54) is 24.2 Å². The predicted molar refractivity (Wildman–Crippen MR) is 105 cm³/mol. The fourth-order valence-electron chi connectivity index (χ4n) is 2.96.